The first kappa shape index (κ1) is 15.2. The summed E-state index contributed by atoms with van der Waals surface area (Å²) in [6.45, 7) is 0. The van der Waals surface area contributed by atoms with Crippen LogP contribution in [0.2, 0.25) is 0 Å². The molecule has 0 heterocycles. The molecule has 0 amide bonds. The van der Waals surface area contributed by atoms with Crippen LogP contribution in [-0.4, -0.2) is 19.5 Å². The van der Waals surface area contributed by atoms with E-state index >= 15 is 0 Å². The number of aliphatic carboxylic acids is 1. The molecule has 0 radical (unpaired) electrons. The SMILES string of the molecule is NS(=O)(=O)c1ccccc1C(Cc1ccccc1)C(=O)O. The molecule has 0 aliphatic heterocycles. The maximum absolute atomic E-state index is 11.6. The molecular weight excluding hydrogens is 290 g/mol. The maximum atomic E-state index is 11.6. The molecule has 1 atom stereocenters. The second kappa shape index (κ2) is 6.07. The van der Waals surface area contributed by atoms with Crippen molar-refractivity contribution >= 4 is 16.0 Å². The molecule has 2 aromatic rings. The summed E-state index contributed by atoms with van der Waals surface area (Å²) in [6.07, 6.45) is 0.197. The number of benzene rings is 2. The molecule has 110 valence electrons. The molecule has 3 N–H and O–H groups in total. The molecule has 21 heavy (non-hydrogen) atoms. The Balaban J connectivity index is 2.47. The van der Waals surface area contributed by atoms with Crippen molar-refractivity contribution in [3.05, 3.63) is 65.7 Å². The Kier molecular flexibility index (Phi) is 4.40. The van der Waals surface area contributed by atoms with Gasteiger partial charge in [0.1, 0.15) is 0 Å². The molecule has 0 aliphatic rings. The lowest BCUT2D eigenvalue weighted by Gasteiger charge is -2.16. The standard InChI is InChI=1S/C15H15NO4S/c16-21(19,20)14-9-5-4-8-12(14)13(15(17)18)10-11-6-2-1-3-7-11/h1-9,13H,10H2,(H,17,18)(H2,16,19,20). The topological polar surface area (TPSA) is 97.5 Å². The Morgan fingerprint density at radius 3 is 2.19 bits per heavy atom. The Morgan fingerprint density at radius 1 is 1.05 bits per heavy atom. The lowest BCUT2D eigenvalue weighted by Crippen LogP contribution is -2.21. The zero-order valence-electron chi connectivity index (χ0n) is 11.1. The lowest BCUT2D eigenvalue weighted by atomic mass is 9.92. The fraction of sp³-hybridized carbons (Fsp3) is 0.133. The number of hydrogen-bond donors (Lipinski definition) is 2. The van der Waals surface area contributed by atoms with Crippen LogP contribution in [0, 0.1) is 0 Å². The van der Waals surface area contributed by atoms with Gasteiger partial charge in [-0.15, -0.1) is 0 Å². The van der Waals surface area contributed by atoms with Gasteiger partial charge in [0.05, 0.1) is 10.8 Å². The monoisotopic (exact) mass is 305 g/mol. The molecule has 0 bridgehead atoms. The van der Waals surface area contributed by atoms with E-state index in [-0.39, 0.29) is 16.9 Å². The van der Waals surface area contributed by atoms with Crippen LogP contribution in [0.5, 0.6) is 0 Å². The summed E-state index contributed by atoms with van der Waals surface area (Å²) in [5.74, 6) is -2.06. The average Bonchev–Trinajstić information content (AvgIpc) is 2.45. The Morgan fingerprint density at radius 2 is 1.62 bits per heavy atom. The van der Waals surface area contributed by atoms with Gasteiger partial charge in [0.2, 0.25) is 10.0 Å². The zero-order chi connectivity index (χ0) is 15.5. The minimum Gasteiger partial charge on any atom is -0.481 e. The molecule has 0 saturated heterocycles. The van der Waals surface area contributed by atoms with E-state index in [0.717, 1.165) is 5.56 Å². The third-order valence-electron chi connectivity index (χ3n) is 3.18. The number of carbonyl (C=O) groups is 1. The predicted octanol–water partition coefficient (Wildman–Crippen LogP) is 1.74. The van der Waals surface area contributed by atoms with Crippen LogP contribution in [0.25, 0.3) is 0 Å². The Labute approximate surface area is 123 Å². The average molecular weight is 305 g/mol. The van der Waals surface area contributed by atoms with E-state index < -0.39 is 21.9 Å². The van der Waals surface area contributed by atoms with Crippen LogP contribution in [0.4, 0.5) is 0 Å². The summed E-state index contributed by atoms with van der Waals surface area (Å²) >= 11 is 0. The highest BCUT2D eigenvalue weighted by Crippen LogP contribution is 2.27. The normalized spacial score (nSPS) is 12.8. The zero-order valence-corrected chi connectivity index (χ0v) is 12.0. The van der Waals surface area contributed by atoms with Gasteiger partial charge in [0, 0.05) is 0 Å². The van der Waals surface area contributed by atoms with Gasteiger partial charge in [-0.25, -0.2) is 13.6 Å². The molecule has 0 spiro atoms. The lowest BCUT2D eigenvalue weighted by molar-refractivity contribution is -0.138. The number of primary sulfonamides is 1. The van der Waals surface area contributed by atoms with Crippen LogP contribution in [0.3, 0.4) is 0 Å². The fourth-order valence-corrected chi connectivity index (χ4v) is 3.01. The number of nitrogens with two attached hydrogens (primary N) is 1. The van der Waals surface area contributed by atoms with Crippen molar-refractivity contribution in [1.82, 2.24) is 0 Å². The third kappa shape index (κ3) is 3.68. The summed E-state index contributed by atoms with van der Waals surface area (Å²) in [7, 11) is -3.97. The molecule has 0 aromatic heterocycles. The Bertz CT molecular complexity index is 741. The van der Waals surface area contributed by atoms with Crippen LogP contribution < -0.4 is 5.14 Å². The molecule has 2 rings (SSSR count). The summed E-state index contributed by atoms with van der Waals surface area (Å²) in [5.41, 5.74) is 1.02. The first-order valence-corrected chi connectivity index (χ1v) is 7.82. The van der Waals surface area contributed by atoms with E-state index in [1.54, 1.807) is 30.3 Å². The van der Waals surface area contributed by atoms with Gasteiger partial charge in [0.15, 0.2) is 0 Å². The second-order valence-corrected chi connectivity index (χ2v) is 6.19. The molecule has 1 unspecified atom stereocenters. The van der Waals surface area contributed by atoms with Crippen LogP contribution >= 0.6 is 0 Å². The van der Waals surface area contributed by atoms with Gasteiger partial charge in [0.25, 0.3) is 0 Å². The molecule has 2 aromatic carbocycles. The summed E-state index contributed by atoms with van der Waals surface area (Å²) in [6, 6.07) is 15.0. The number of sulfonamides is 1. The second-order valence-electron chi connectivity index (χ2n) is 4.66. The van der Waals surface area contributed by atoms with E-state index in [0.29, 0.717) is 0 Å². The first-order valence-electron chi connectivity index (χ1n) is 6.28. The minimum atomic E-state index is -3.97. The number of hydrogen-bond acceptors (Lipinski definition) is 3. The van der Waals surface area contributed by atoms with Crippen molar-refractivity contribution in [1.29, 1.82) is 0 Å². The highest BCUT2D eigenvalue weighted by molar-refractivity contribution is 7.89. The first-order chi connectivity index (χ1) is 9.89. The van der Waals surface area contributed by atoms with E-state index in [1.807, 2.05) is 6.07 Å². The van der Waals surface area contributed by atoms with Gasteiger partial charge < -0.3 is 5.11 Å². The molecule has 0 fully saturated rings. The van der Waals surface area contributed by atoms with Crippen molar-refractivity contribution in [3.63, 3.8) is 0 Å². The van der Waals surface area contributed by atoms with E-state index in [1.165, 1.54) is 18.2 Å². The van der Waals surface area contributed by atoms with Crippen molar-refractivity contribution in [3.8, 4) is 0 Å². The van der Waals surface area contributed by atoms with E-state index in [4.69, 9.17) is 5.14 Å². The number of rotatable bonds is 5. The molecule has 6 heteroatoms. The third-order valence-corrected chi connectivity index (χ3v) is 4.17. The van der Waals surface area contributed by atoms with Crippen LogP contribution in [0.1, 0.15) is 17.0 Å². The highest BCUT2D eigenvalue weighted by atomic mass is 32.2. The van der Waals surface area contributed by atoms with Crippen molar-refractivity contribution in [2.24, 2.45) is 5.14 Å². The largest absolute Gasteiger partial charge is 0.481 e. The van der Waals surface area contributed by atoms with E-state index in [2.05, 4.69) is 0 Å². The van der Waals surface area contributed by atoms with E-state index in [9.17, 15) is 18.3 Å². The minimum absolute atomic E-state index is 0.145. The molecule has 5 nitrogen and oxygen atoms in total. The highest BCUT2D eigenvalue weighted by Gasteiger charge is 2.26. The van der Waals surface area contributed by atoms with Crippen LogP contribution in [-0.2, 0) is 21.2 Å². The van der Waals surface area contributed by atoms with Gasteiger partial charge >= 0.3 is 5.97 Å². The van der Waals surface area contributed by atoms with Gasteiger partial charge in [-0.3, -0.25) is 4.79 Å². The summed E-state index contributed by atoms with van der Waals surface area (Å²) in [5, 5.41) is 14.6. The van der Waals surface area contributed by atoms with Gasteiger partial charge in [-0.1, -0.05) is 48.5 Å². The van der Waals surface area contributed by atoms with Gasteiger partial charge in [-0.05, 0) is 23.6 Å². The smallest absolute Gasteiger partial charge is 0.311 e. The molecular formula is C15H15NO4S. The summed E-state index contributed by atoms with van der Waals surface area (Å²) < 4.78 is 23.2. The Hall–Kier alpha value is -2.18. The van der Waals surface area contributed by atoms with Gasteiger partial charge in [-0.2, -0.15) is 0 Å². The fourth-order valence-electron chi connectivity index (χ4n) is 2.21. The number of carboxylic acid groups (broad SMARTS) is 1. The van der Waals surface area contributed by atoms with Crippen LogP contribution in [0.15, 0.2) is 59.5 Å². The van der Waals surface area contributed by atoms with Crippen molar-refractivity contribution in [2.45, 2.75) is 17.2 Å². The quantitative estimate of drug-likeness (QED) is 0.879. The maximum Gasteiger partial charge on any atom is 0.311 e. The predicted molar refractivity (Wildman–Crippen MR) is 78.3 cm³/mol. The van der Waals surface area contributed by atoms with Crippen molar-refractivity contribution < 1.29 is 18.3 Å². The molecule has 0 aliphatic carbocycles. The summed E-state index contributed by atoms with van der Waals surface area (Å²) in [4.78, 5) is 11.4. The molecule has 0 saturated carbocycles. The number of carboxylic acids is 1. The van der Waals surface area contributed by atoms with Crippen molar-refractivity contribution in [2.75, 3.05) is 0 Å².